The number of aromatic nitrogens is 3. The van der Waals surface area contributed by atoms with E-state index in [0.717, 1.165) is 56.1 Å². The number of phenols is 1. The van der Waals surface area contributed by atoms with Crippen LogP contribution in [0.5, 0.6) is 11.8 Å². The summed E-state index contributed by atoms with van der Waals surface area (Å²) in [6, 6.07) is 10.3. The molecule has 5 heterocycles. The van der Waals surface area contributed by atoms with Gasteiger partial charge in [-0.25, -0.2) is 4.39 Å². The molecule has 3 aliphatic rings. The summed E-state index contributed by atoms with van der Waals surface area (Å²) in [7, 11) is 2.10. The molecule has 39 heavy (non-hydrogen) atoms. The lowest BCUT2D eigenvalue weighted by Crippen LogP contribution is -2.51. The van der Waals surface area contributed by atoms with Gasteiger partial charge in [0, 0.05) is 48.4 Å². The number of hydrogen-bond donors (Lipinski definition) is 2. The van der Waals surface area contributed by atoms with Gasteiger partial charge in [0.2, 0.25) is 0 Å². The second-order valence-corrected chi connectivity index (χ2v) is 11.7. The summed E-state index contributed by atoms with van der Waals surface area (Å²) >= 11 is 3.46. The van der Waals surface area contributed by atoms with Crippen LogP contribution >= 0.6 is 15.9 Å². The first-order valence-corrected chi connectivity index (χ1v) is 14.4. The third kappa shape index (κ3) is 4.38. The molecule has 3 atom stereocenters. The molecule has 0 radical (unpaired) electrons. The van der Waals surface area contributed by atoms with Gasteiger partial charge in [0.25, 0.3) is 0 Å². The molecule has 3 aliphatic heterocycles. The van der Waals surface area contributed by atoms with Crippen LogP contribution in [0.1, 0.15) is 25.7 Å². The molecule has 8 nitrogen and oxygen atoms in total. The Morgan fingerprint density at radius 1 is 1.10 bits per heavy atom. The molecule has 3 fully saturated rings. The van der Waals surface area contributed by atoms with Crippen molar-refractivity contribution in [3.8, 4) is 23.0 Å². The number of halogens is 2. The number of likely N-dealkylation sites (N-methyl/N-ethyl adjacent to an activating group) is 1. The summed E-state index contributed by atoms with van der Waals surface area (Å²) in [6.45, 7) is 3.09. The van der Waals surface area contributed by atoms with Gasteiger partial charge in [-0.15, -0.1) is 0 Å². The average Bonchev–Trinajstić information content (AvgIpc) is 3.52. The molecular weight excluding hydrogens is 563 g/mol. The van der Waals surface area contributed by atoms with Crippen LogP contribution in [0, 0.1) is 5.82 Å². The molecule has 0 saturated carbocycles. The number of aromatic hydroxyl groups is 1. The highest BCUT2D eigenvalue weighted by Gasteiger charge is 2.34. The zero-order valence-electron chi connectivity index (χ0n) is 21.7. The number of fused-ring (bicyclic) bond motifs is 4. The normalized spacial score (nSPS) is 23.3. The Kier molecular flexibility index (Phi) is 6.28. The predicted octanol–water partition coefficient (Wildman–Crippen LogP) is 4.87. The van der Waals surface area contributed by atoms with Crippen molar-refractivity contribution in [2.75, 3.05) is 38.2 Å². The van der Waals surface area contributed by atoms with Gasteiger partial charge in [0.05, 0.1) is 9.86 Å². The van der Waals surface area contributed by atoms with Gasteiger partial charge in [0.1, 0.15) is 29.4 Å². The second-order valence-electron chi connectivity index (χ2n) is 10.9. The molecule has 2 aromatic carbocycles. The molecule has 202 valence electrons. The van der Waals surface area contributed by atoms with E-state index in [4.69, 9.17) is 9.72 Å². The summed E-state index contributed by atoms with van der Waals surface area (Å²) in [6.07, 6.45) is 6.10. The van der Waals surface area contributed by atoms with Crippen LogP contribution in [-0.2, 0) is 0 Å². The average molecular weight is 594 g/mol. The van der Waals surface area contributed by atoms with Crippen LogP contribution < -0.4 is 15.0 Å². The number of anilines is 1. The molecule has 4 aromatic rings. The van der Waals surface area contributed by atoms with Crippen molar-refractivity contribution in [2.24, 2.45) is 0 Å². The highest BCUT2D eigenvalue weighted by Crippen LogP contribution is 2.41. The Morgan fingerprint density at radius 2 is 1.87 bits per heavy atom. The Labute approximate surface area is 234 Å². The van der Waals surface area contributed by atoms with Crippen molar-refractivity contribution in [1.29, 1.82) is 0 Å². The lowest BCUT2D eigenvalue weighted by Gasteiger charge is -2.34. The van der Waals surface area contributed by atoms with Gasteiger partial charge in [0.15, 0.2) is 5.82 Å². The molecular formula is C29H30BrFN6O2. The van der Waals surface area contributed by atoms with E-state index >= 15 is 4.39 Å². The fourth-order valence-electron chi connectivity index (χ4n) is 6.37. The summed E-state index contributed by atoms with van der Waals surface area (Å²) in [4.78, 5) is 18.5. The lowest BCUT2D eigenvalue weighted by molar-refractivity contribution is 0.188. The third-order valence-electron chi connectivity index (χ3n) is 8.45. The Bertz CT molecular complexity index is 1570. The number of piperazine rings is 1. The first-order valence-electron chi connectivity index (χ1n) is 13.6. The minimum atomic E-state index is -0.552. The Morgan fingerprint density at radius 3 is 2.62 bits per heavy atom. The van der Waals surface area contributed by atoms with E-state index in [0.29, 0.717) is 39.9 Å². The Balaban J connectivity index is 1.36. The monoisotopic (exact) mass is 592 g/mol. The fraction of sp³-hybridized carbons (Fsp3) is 0.414. The van der Waals surface area contributed by atoms with E-state index in [1.165, 1.54) is 0 Å². The standard InChI is InChI=1S/C29H30BrFN6O2/c1-36-10-4-5-18(36)15-39-29-34-27-22(28(35-29)37-13-16-8-9-17(14-37)33-16)12-32-26(25(27)31)21-11-23(38)24(30)20-7-3-2-6-19(20)21/h2-3,6-7,11-12,16-18,33,38H,4-5,8-10,13-15H2,1H3/t16-,17+,18?. The summed E-state index contributed by atoms with van der Waals surface area (Å²) < 4.78 is 23.2. The maximum absolute atomic E-state index is 16.5. The van der Waals surface area contributed by atoms with Gasteiger partial charge in [-0.2, -0.15) is 9.97 Å². The number of hydrogen-bond acceptors (Lipinski definition) is 8. The first-order chi connectivity index (χ1) is 19.0. The van der Waals surface area contributed by atoms with Gasteiger partial charge in [-0.05, 0) is 66.7 Å². The minimum Gasteiger partial charge on any atom is -0.507 e. The van der Waals surface area contributed by atoms with Crippen LogP contribution in [0.15, 0.2) is 41.0 Å². The molecule has 2 N–H and O–H groups in total. The predicted molar refractivity (Wildman–Crippen MR) is 153 cm³/mol. The van der Waals surface area contributed by atoms with Gasteiger partial charge in [-0.3, -0.25) is 4.98 Å². The highest BCUT2D eigenvalue weighted by atomic mass is 79.9. The maximum atomic E-state index is 16.5. The van der Waals surface area contributed by atoms with Gasteiger partial charge >= 0.3 is 6.01 Å². The van der Waals surface area contributed by atoms with Gasteiger partial charge < -0.3 is 25.0 Å². The number of pyridine rings is 1. The number of nitrogens with one attached hydrogen (secondary N) is 1. The molecule has 0 aliphatic carbocycles. The van der Waals surface area contributed by atoms with Crippen molar-refractivity contribution >= 4 is 43.4 Å². The quantitative estimate of drug-likeness (QED) is 0.339. The number of rotatable bonds is 5. The topological polar surface area (TPSA) is 86.6 Å². The van der Waals surface area contributed by atoms with Crippen LogP contribution in [0.2, 0.25) is 0 Å². The Hall–Kier alpha value is -3.08. The van der Waals surface area contributed by atoms with E-state index in [1.54, 1.807) is 12.3 Å². The first kappa shape index (κ1) is 24.9. The van der Waals surface area contributed by atoms with Crippen molar-refractivity contribution in [1.82, 2.24) is 25.2 Å². The van der Waals surface area contributed by atoms with Crippen LogP contribution in [-0.4, -0.2) is 76.4 Å². The minimum absolute atomic E-state index is 0.0226. The van der Waals surface area contributed by atoms with Crippen LogP contribution in [0.25, 0.3) is 32.9 Å². The van der Waals surface area contributed by atoms with Crippen molar-refractivity contribution in [3.05, 3.63) is 46.8 Å². The number of nitrogens with zero attached hydrogens (tertiary/aromatic N) is 5. The second kappa shape index (κ2) is 9.83. The number of benzene rings is 2. The lowest BCUT2D eigenvalue weighted by atomic mass is 10.00. The molecule has 1 unspecified atom stereocenters. The van der Waals surface area contributed by atoms with E-state index in [2.05, 4.69) is 48.1 Å². The van der Waals surface area contributed by atoms with E-state index in [1.807, 2.05) is 24.3 Å². The molecule has 0 amide bonds. The molecule has 10 heteroatoms. The number of ether oxygens (including phenoxy) is 1. The van der Waals surface area contributed by atoms with E-state index < -0.39 is 5.82 Å². The zero-order chi connectivity index (χ0) is 26.7. The van der Waals surface area contributed by atoms with Crippen molar-refractivity contribution in [3.63, 3.8) is 0 Å². The number of likely N-dealkylation sites (tertiary alicyclic amines) is 1. The number of phenolic OH excluding ortho intramolecular Hbond substituents is 1. The van der Waals surface area contributed by atoms with E-state index in [9.17, 15) is 5.11 Å². The summed E-state index contributed by atoms with van der Waals surface area (Å²) in [5.41, 5.74) is 0.811. The summed E-state index contributed by atoms with van der Waals surface area (Å²) in [5, 5.41) is 16.4. The fourth-order valence-corrected chi connectivity index (χ4v) is 6.83. The highest BCUT2D eigenvalue weighted by molar-refractivity contribution is 9.10. The zero-order valence-corrected chi connectivity index (χ0v) is 23.3. The smallest absolute Gasteiger partial charge is 0.319 e. The molecule has 7 rings (SSSR count). The van der Waals surface area contributed by atoms with Crippen molar-refractivity contribution < 1.29 is 14.2 Å². The third-order valence-corrected chi connectivity index (χ3v) is 9.28. The van der Waals surface area contributed by atoms with Gasteiger partial charge in [-0.1, -0.05) is 24.3 Å². The maximum Gasteiger partial charge on any atom is 0.319 e. The summed E-state index contributed by atoms with van der Waals surface area (Å²) in [5.74, 6) is 0.132. The molecule has 2 aromatic heterocycles. The van der Waals surface area contributed by atoms with Crippen molar-refractivity contribution in [2.45, 2.75) is 43.8 Å². The SMILES string of the molecule is CN1CCCC1COc1nc(N2C[C@H]3CC[C@@H](C2)N3)c2cnc(-c3cc(O)c(Br)c4ccccc34)c(F)c2n1. The van der Waals surface area contributed by atoms with Crippen LogP contribution in [0.4, 0.5) is 10.2 Å². The van der Waals surface area contributed by atoms with E-state index in [-0.39, 0.29) is 29.0 Å². The molecule has 2 bridgehead atoms. The molecule has 3 saturated heterocycles. The largest absolute Gasteiger partial charge is 0.507 e. The molecule has 0 spiro atoms. The van der Waals surface area contributed by atoms with Crippen LogP contribution in [0.3, 0.4) is 0 Å².